The molecule has 0 atom stereocenters. The summed E-state index contributed by atoms with van der Waals surface area (Å²) < 4.78 is 37.4. The van der Waals surface area contributed by atoms with Gasteiger partial charge >= 0.3 is 0 Å². The summed E-state index contributed by atoms with van der Waals surface area (Å²) in [6, 6.07) is 20.5. The minimum Gasteiger partial charge on any atom is -0.497 e. The van der Waals surface area contributed by atoms with Crippen LogP contribution in [0.25, 0.3) is 22.3 Å². The molecule has 0 bridgehead atoms. The minimum atomic E-state index is -3.86. The van der Waals surface area contributed by atoms with E-state index in [1.807, 2.05) is 53.4 Å². The van der Waals surface area contributed by atoms with Gasteiger partial charge in [0.1, 0.15) is 12.3 Å². The van der Waals surface area contributed by atoms with Crippen LogP contribution in [-0.2, 0) is 16.7 Å². The number of pyridine rings is 1. The van der Waals surface area contributed by atoms with E-state index in [4.69, 9.17) is 9.29 Å². The molecule has 3 rings (SSSR count). The zero-order valence-corrected chi connectivity index (χ0v) is 16.6. The molecule has 5 nitrogen and oxygen atoms in total. The van der Waals surface area contributed by atoms with Gasteiger partial charge in [-0.25, -0.2) is 4.57 Å². The third-order valence-corrected chi connectivity index (χ3v) is 5.41. The fourth-order valence-electron chi connectivity index (χ4n) is 3.02. The molecule has 0 unspecified atom stereocenters. The molecular weight excluding hydrogens is 374 g/mol. The van der Waals surface area contributed by atoms with Crippen molar-refractivity contribution < 1.29 is 22.3 Å². The van der Waals surface area contributed by atoms with Crippen LogP contribution < -0.4 is 9.30 Å². The van der Waals surface area contributed by atoms with Gasteiger partial charge < -0.3 is 4.74 Å². The molecule has 3 aromatic rings. The largest absolute Gasteiger partial charge is 0.497 e. The Kier molecular flexibility index (Phi) is 6.44. The molecule has 146 valence electrons. The van der Waals surface area contributed by atoms with Crippen molar-refractivity contribution in [2.24, 2.45) is 0 Å². The Balaban J connectivity index is 1.62. The molecule has 0 saturated heterocycles. The quantitative estimate of drug-likeness (QED) is 0.354. The Bertz CT molecular complexity index is 996. The monoisotopic (exact) mass is 398 g/mol. The maximum absolute atomic E-state index is 10.7. The maximum Gasteiger partial charge on any atom is 0.264 e. The first-order valence-corrected chi connectivity index (χ1v) is 10.7. The van der Waals surface area contributed by atoms with Crippen molar-refractivity contribution in [1.82, 2.24) is 0 Å². The van der Waals surface area contributed by atoms with Crippen LogP contribution in [0.2, 0.25) is 0 Å². The SMILES string of the molecule is COc1ccc(-c2ccc(-c3cc[n+](CCCCS(=O)(=O)O)cc3)cc2)cc1. The van der Waals surface area contributed by atoms with Crippen LogP contribution in [0.5, 0.6) is 5.75 Å². The highest BCUT2D eigenvalue weighted by atomic mass is 32.2. The molecule has 28 heavy (non-hydrogen) atoms. The van der Waals surface area contributed by atoms with Crippen molar-refractivity contribution in [2.45, 2.75) is 19.4 Å². The summed E-state index contributed by atoms with van der Waals surface area (Å²) in [5.74, 6) is 0.655. The molecule has 0 fully saturated rings. The third-order valence-electron chi connectivity index (χ3n) is 4.60. The summed E-state index contributed by atoms with van der Waals surface area (Å²) >= 11 is 0. The summed E-state index contributed by atoms with van der Waals surface area (Å²) in [7, 11) is -2.20. The van der Waals surface area contributed by atoms with Crippen LogP contribution in [-0.4, -0.2) is 25.8 Å². The van der Waals surface area contributed by atoms with Gasteiger partial charge in [-0.1, -0.05) is 36.4 Å². The van der Waals surface area contributed by atoms with E-state index in [2.05, 4.69) is 24.3 Å². The van der Waals surface area contributed by atoms with Crippen molar-refractivity contribution in [2.75, 3.05) is 12.9 Å². The molecule has 1 aromatic heterocycles. The van der Waals surface area contributed by atoms with Gasteiger partial charge in [-0.05, 0) is 40.8 Å². The van der Waals surface area contributed by atoms with Crippen LogP contribution in [0.1, 0.15) is 12.8 Å². The van der Waals surface area contributed by atoms with Gasteiger partial charge in [-0.3, -0.25) is 4.55 Å². The lowest BCUT2D eigenvalue weighted by molar-refractivity contribution is -0.697. The smallest absolute Gasteiger partial charge is 0.264 e. The molecule has 0 amide bonds. The number of aryl methyl sites for hydroxylation is 1. The first kappa shape index (κ1) is 20.0. The van der Waals surface area contributed by atoms with Gasteiger partial charge in [0.2, 0.25) is 0 Å². The van der Waals surface area contributed by atoms with Crippen LogP contribution in [0.15, 0.2) is 73.1 Å². The molecule has 0 radical (unpaired) electrons. The fourth-order valence-corrected chi connectivity index (χ4v) is 3.59. The Labute approximate surface area is 166 Å². The Morgan fingerprint density at radius 3 is 1.71 bits per heavy atom. The second-order valence-electron chi connectivity index (χ2n) is 6.62. The van der Waals surface area contributed by atoms with E-state index in [9.17, 15) is 8.42 Å². The molecule has 0 aliphatic rings. The summed E-state index contributed by atoms with van der Waals surface area (Å²) in [5, 5.41) is 0. The van der Waals surface area contributed by atoms with Gasteiger partial charge in [-0.15, -0.1) is 0 Å². The summed E-state index contributed by atoms with van der Waals surface area (Å²) in [5.41, 5.74) is 4.55. The molecular formula is C22H24NO4S+. The van der Waals surface area contributed by atoms with Crippen molar-refractivity contribution >= 4 is 10.1 Å². The Morgan fingerprint density at radius 1 is 0.786 bits per heavy atom. The van der Waals surface area contributed by atoms with Crippen LogP contribution in [0.3, 0.4) is 0 Å². The van der Waals surface area contributed by atoms with Gasteiger partial charge in [0.05, 0.1) is 12.9 Å². The van der Waals surface area contributed by atoms with E-state index in [0.29, 0.717) is 19.4 Å². The molecule has 2 aromatic carbocycles. The topological polar surface area (TPSA) is 67.5 Å². The average molecular weight is 399 g/mol. The number of benzene rings is 2. The van der Waals surface area contributed by atoms with Gasteiger partial charge in [-0.2, -0.15) is 8.42 Å². The van der Waals surface area contributed by atoms with Crippen molar-refractivity contribution in [1.29, 1.82) is 0 Å². The standard InChI is InChI=1S/C22H23NO4S/c1-27-22-10-8-20(9-11-22)18-4-6-19(7-5-18)21-12-15-23(16-13-21)14-2-3-17-28(24,25)26/h4-13,15-16H,2-3,14,17H2,1H3/p+1. The molecule has 0 spiro atoms. The predicted molar refractivity (Wildman–Crippen MR) is 110 cm³/mol. The van der Waals surface area contributed by atoms with E-state index in [1.165, 1.54) is 0 Å². The second kappa shape index (κ2) is 8.99. The first-order valence-electron chi connectivity index (χ1n) is 9.14. The van der Waals surface area contributed by atoms with E-state index in [0.717, 1.165) is 28.0 Å². The lowest BCUT2D eigenvalue weighted by Crippen LogP contribution is -2.32. The summed E-state index contributed by atoms with van der Waals surface area (Å²) in [6.45, 7) is 0.714. The summed E-state index contributed by atoms with van der Waals surface area (Å²) in [4.78, 5) is 0. The zero-order valence-electron chi connectivity index (χ0n) is 15.8. The average Bonchev–Trinajstić information content (AvgIpc) is 2.71. The van der Waals surface area contributed by atoms with Crippen LogP contribution in [0.4, 0.5) is 0 Å². The maximum atomic E-state index is 10.7. The van der Waals surface area contributed by atoms with E-state index in [1.54, 1.807) is 7.11 Å². The number of ether oxygens (including phenoxy) is 1. The number of methoxy groups -OCH3 is 1. The van der Waals surface area contributed by atoms with E-state index >= 15 is 0 Å². The van der Waals surface area contributed by atoms with E-state index < -0.39 is 10.1 Å². The van der Waals surface area contributed by atoms with Crippen LogP contribution >= 0.6 is 0 Å². The normalized spacial score (nSPS) is 11.4. The van der Waals surface area contributed by atoms with Gasteiger partial charge in [0, 0.05) is 18.6 Å². The number of unbranched alkanes of at least 4 members (excludes halogenated alkanes) is 1. The summed E-state index contributed by atoms with van der Waals surface area (Å²) in [6.07, 6.45) is 5.11. The van der Waals surface area contributed by atoms with Gasteiger partial charge in [0.15, 0.2) is 12.4 Å². The molecule has 0 aliphatic heterocycles. The Morgan fingerprint density at radius 2 is 1.25 bits per heavy atom. The molecule has 0 aliphatic carbocycles. The fraction of sp³-hybridized carbons (Fsp3) is 0.227. The molecule has 1 N–H and O–H groups in total. The predicted octanol–water partition coefficient (Wildman–Crippen LogP) is 3.98. The number of nitrogens with zero attached hydrogens (tertiary/aromatic N) is 1. The highest BCUT2D eigenvalue weighted by molar-refractivity contribution is 7.85. The van der Waals surface area contributed by atoms with Crippen molar-refractivity contribution in [3.05, 3.63) is 73.1 Å². The number of hydrogen-bond acceptors (Lipinski definition) is 3. The molecule has 1 heterocycles. The van der Waals surface area contributed by atoms with Crippen molar-refractivity contribution in [3.8, 4) is 28.0 Å². The highest BCUT2D eigenvalue weighted by Gasteiger charge is 2.07. The third kappa shape index (κ3) is 5.65. The van der Waals surface area contributed by atoms with E-state index in [-0.39, 0.29) is 5.75 Å². The Hall–Kier alpha value is -2.70. The number of rotatable bonds is 8. The zero-order chi connectivity index (χ0) is 20.0. The molecule has 6 heteroatoms. The first-order chi connectivity index (χ1) is 13.4. The van der Waals surface area contributed by atoms with Crippen LogP contribution in [0, 0.1) is 0 Å². The lowest BCUT2D eigenvalue weighted by atomic mass is 10.0. The van der Waals surface area contributed by atoms with Crippen molar-refractivity contribution in [3.63, 3.8) is 0 Å². The highest BCUT2D eigenvalue weighted by Crippen LogP contribution is 2.25. The number of hydrogen-bond donors (Lipinski definition) is 1. The second-order valence-corrected chi connectivity index (χ2v) is 8.20. The number of aromatic nitrogens is 1. The lowest BCUT2D eigenvalue weighted by Gasteiger charge is -2.06. The molecule has 0 saturated carbocycles. The van der Waals surface area contributed by atoms with Gasteiger partial charge in [0.25, 0.3) is 10.1 Å². The minimum absolute atomic E-state index is 0.188.